The van der Waals surface area contributed by atoms with E-state index in [1.54, 1.807) is 6.26 Å². The van der Waals surface area contributed by atoms with Crippen molar-refractivity contribution < 1.29 is 14.3 Å². The first kappa shape index (κ1) is 10.7. The molecule has 3 nitrogen and oxygen atoms in total. The molecule has 2 rings (SSSR count). The Bertz CT molecular complexity index is 511. The van der Waals surface area contributed by atoms with Gasteiger partial charge in [-0.1, -0.05) is 6.07 Å². The molecule has 0 radical (unpaired) electrons. The quantitative estimate of drug-likeness (QED) is 0.857. The van der Waals surface area contributed by atoms with Crippen molar-refractivity contribution in [3.8, 4) is 0 Å². The minimum absolute atomic E-state index is 0.225. The second-order valence-corrected chi connectivity index (χ2v) is 4.00. The second kappa shape index (κ2) is 4.39. The predicted octanol–water partition coefficient (Wildman–Crippen LogP) is 3.15. The van der Waals surface area contributed by atoms with Crippen molar-refractivity contribution in [2.45, 2.75) is 26.2 Å². The molecule has 0 amide bonds. The molecule has 1 aromatic carbocycles. The summed E-state index contributed by atoms with van der Waals surface area (Å²) >= 11 is 0. The van der Waals surface area contributed by atoms with E-state index >= 15 is 0 Å². The van der Waals surface area contributed by atoms with Crippen LogP contribution in [0.4, 0.5) is 0 Å². The van der Waals surface area contributed by atoms with Crippen LogP contribution in [0.3, 0.4) is 0 Å². The van der Waals surface area contributed by atoms with Gasteiger partial charge in [-0.05, 0) is 43.0 Å². The van der Waals surface area contributed by atoms with Gasteiger partial charge in [0.25, 0.3) is 0 Å². The fourth-order valence-electron chi connectivity index (χ4n) is 1.80. The number of rotatable bonds is 4. The molecule has 16 heavy (non-hydrogen) atoms. The Hall–Kier alpha value is -1.77. The lowest BCUT2D eigenvalue weighted by Gasteiger charge is -2.00. The Kier molecular flexibility index (Phi) is 2.95. The number of aryl methyl sites for hydroxylation is 2. The number of carboxylic acid groups (broad SMARTS) is 1. The molecule has 84 valence electrons. The Balaban J connectivity index is 2.12. The molecule has 0 atom stereocenters. The first-order valence-electron chi connectivity index (χ1n) is 5.35. The van der Waals surface area contributed by atoms with Crippen LogP contribution in [0.1, 0.15) is 24.0 Å². The van der Waals surface area contributed by atoms with Gasteiger partial charge in [-0.25, -0.2) is 0 Å². The molecule has 1 aromatic heterocycles. The average molecular weight is 218 g/mol. The average Bonchev–Trinajstić information content (AvgIpc) is 2.60. The zero-order valence-corrected chi connectivity index (χ0v) is 9.19. The molecule has 1 heterocycles. The number of fused-ring (bicyclic) bond motifs is 1. The first-order valence-corrected chi connectivity index (χ1v) is 5.35. The number of furan rings is 1. The highest BCUT2D eigenvalue weighted by Gasteiger charge is 2.04. The molecule has 3 heteroatoms. The van der Waals surface area contributed by atoms with Crippen molar-refractivity contribution in [2.24, 2.45) is 0 Å². The number of hydrogen-bond acceptors (Lipinski definition) is 2. The van der Waals surface area contributed by atoms with E-state index in [0.717, 1.165) is 23.0 Å². The number of aliphatic carboxylic acids is 1. The van der Waals surface area contributed by atoms with Gasteiger partial charge in [-0.3, -0.25) is 4.79 Å². The van der Waals surface area contributed by atoms with E-state index in [0.29, 0.717) is 6.42 Å². The zero-order valence-electron chi connectivity index (χ0n) is 9.19. The molecule has 0 aliphatic rings. The summed E-state index contributed by atoms with van der Waals surface area (Å²) in [7, 11) is 0. The van der Waals surface area contributed by atoms with Crippen LogP contribution in [0.5, 0.6) is 0 Å². The molecule has 1 N–H and O–H groups in total. The van der Waals surface area contributed by atoms with Gasteiger partial charge in [0.15, 0.2) is 0 Å². The molecule has 0 unspecified atom stereocenters. The van der Waals surface area contributed by atoms with Gasteiger partial charge in [0, 0.05) is 11.8 Å². The van der Waals surface area contributed by atoms with Crippen molar-refractivity contribution in [1.29, 1.82) is 0 Å². The van der Waals surface area contributed by atoms with E-state index in [1.807, 2.05) is 19.1 Å². The number of carbonyl (C=O) groups is 1. The van der Waals surface area contributed by atoms with Crippen LogP contribution in [0.2, 0.25) is 0 Å². The van der Waals surface area contributed by atoms with Crippen LogP contribution in [-0.2, 0) is 11.2 Å². The summed E-state index contributed by atoms with van der Waals surface area (Å²) in [5.74, 6) is -0.736. The lowest BCUT2D eigenvalue weighted by Crippen LogP contribution is -1.95. The van der Waals surface area contributed by atoms with E-state index in [9.17, 15) is 4.79 Å². The topological polar surface area (TPSA) is 50.4 Å². The van der Waals surface area contributed by atoms with Crippen LogP contribution in [-0.4, -0.2) is 11.1 Å². The summed E-state index contributed by atoms with van der Waals surface area (Å²) in [6, 6.07) is 6.02. The summed E-state index contributed by atoms with van der Waals surface area (Å²) in [5, 5.41) is 9.68. The lowest BCUT2D eigenvalue weighted by atomic mass is 10.1. The summed E-state index contributed by atoms with van der Waals surface area (Å²) < 4.78 is 5.35. The summed E-state index contributed by atoms with van der Waals surface area (Å²) in [6.07, 6.45) is 3.44. The highest BCUT2D eigenvalue weighted by Crippen LogP contribution is 2.22. The number of benzene rings is 1. The monoisotopic (exact) mass is 218 g/mol. The Labute approximate surface area is 93.7 Å². The molecular weight excluding hydrogens is 204 g/mol. The molecule has 0 spiro atoms. The second-order valence-electron chi connectivity index (χ2n) is 4.00. The van der Waals surface area contributed by atoms with Crippen molar-refractivity contribution in [2.75, 3.05) is 0 Å². The fourth-order valence-corrected chi connectivity index (χ4v) is 1.80. The van der Waals surface area contributed by atoms with Crippen molar-refractivity contribution in [3.63, 3.8) is 0 Å². The van der Waals surface area contributed by atoms with E-state index < -0.39 is 5.97 Å². The summed E-state index contributed by atoms with van der Waals surface area (Å²) in [6.45, 7) is 2.01. The normalized spacial score (nSPS) is 10.8. The molecule has 0 saturated carbocycles. The molecule has 0 saturated heterocycles. The van der Waals surface area contributed by atoms with Gasteiger partial charge in [0.1, 0.15) is 5.58 Å². The molecule has 0 bridgehead atoms. The van der Waals surface area contributed by atoms with Crippen LogP contribution in [0, 0.1) is 6.92 Å². The van der Waals surface area contributed by atoms with Crippen molar-refractivity contribution in [1.82, 2.24) is 0 Å². The highest BCUT2D eigenvalue weighted by molar-refractivity contribution is 5.81. The Morgan fingerprint density at radius 2 is 2.25 bits per heavy atom. The molecule has 0 aliphatic heterocycles. The lowest BCUT2D eigenvalue weighted by molar-refractivity contribution is -0.137. The van der Waals surface area contributed by atoms with Gasteiger partial charge in [0.05, 0.1) is 6.26 Å². The van der Waals surface area contributed by atoms with Crippen LogP contribution >= 0.6 is 0 Å². The number of hydrogen-bond donors (Lipinski definition) is 1. The van der Waals surface area contributed by atoms with Gasteiger partial charge in [0.2, 0.25) is 0 Å². The third kappa shape index (κ3) is 2.24. The zero-order chi connectivity index (χ0) is 11.5. The largest absolute Gasteiger partial charge is 0.481 e. The third-order valence-corrected chi connectivity index (χ3v) is 2.69. The highest BCUT2D eigenvalue weighted by atomic mass is 16.4. The van der Waals surface area contributed by atoms with Gasteiger partial charge >= 0.3 is 5.97 Å². The van der Waals surface area contributed by atoms with Gasteiger partial charge < -0.3 is 9.52 Å². The third-order valence-electron chi connectivity index (χ3n) is 2.69. The molecule has 0 fully saturated rings. The number of carboxylic acids is 1. The van der Waals surface area contributed by atoms with E-state index in [2.05, 4.69) is 6.07 Å². The Morgan fingerprint density at radius 3 is 3.00 bits per heavy atom. The Morgan fingerprint density at radius 1 is 1.44 bits per heavy atom. The maximum atomic E-state index is 10.4. The van der Waals surface area contributed by atoms with E-state index in [1.165, 1.54) is 5.56 Å². The maximum absolute atomic E-state index is 10.4. The minimum Gasteiger partial charge on any atom is -0.481 e. The first-order chi connectivity index (χ1) is 7.66. The van der Waals surface area contributed by atoms with Crippen LogP contribution in [0.25, 0.3) is 11.0 Å². The van der Waals surface area contributed by atoms with Crippen LogP contribution < -0.4 is 0 Å². The fraction of sp³-hybridized carbons (Fsp3) is 0.308. The molecule has 2 aromatic rings. The SMILES string of the molecule is Cc1coc2ccc(CCCC(=O)O)cc12. The van der Waals surface area contributed by atoms with Gasteiger partial charge in [-0.2, -0.15) is 0 Å². The predicted molar refractivity (Wildman–Crippen MR) is 61.5 cm³/mol. The summed E-state index contributed by atoms with van der Waals surface area (Å²) in [5.41, 5.74) is 3.17. The minimum atomic E-state index is -0.736. The standard InChI is InChI=1S/C13H14O3/c1-9-8-16-12-6-5-10(7-11(9)12)3-2-4-13(14)15/h5-8H,2-4H2,1H3,(H,14,15). The van der Waals surface area contributed by atoms with E-state index in [-0.39, 0.29) is 6.42 Å². The van der Waals surface area contributed by atoms with E-state index in [4.69, 9.17) is 9.52 Å². The van der Waals surface area contributed by atoms with Crippen LogP contribution in [0.15, 0.2) is 28.9 Å². The summed E-state index contributed by atoms with van der Waals surface area (Å²) in [4.78, 5) is 10.4. The maximum Gasteiger partial charge on any atom is 0.303 e. The molecule has 0 aliphatic carbocycles. The smallest absolute Gasteiger partial charge is 0.303 e. The molecular formula is C13H14O3. The van der Waals surface area contributed by atoms with Gasteiger partial charge in [-0.15, -0.1) is 0 Å². The van der Waals surface area contributed by atoms with Crippen molar-refractivity contribution in [3.05, 3.63) is 35.6 Å². The van der Waals surface area contributed by atoms with Crippen molar-refractivity contribution >= 4 is 16.9 Å².